The molecular weight excluding hydrogens is 413 g/mol. The van der Waals surface area contributed by atoms with Crippen molar-refractivity contribution in [3.8, 4) is 0 Å². The highest BCUT2D eigenvalue weighted by Crippen LogP contribution is 2.31. The lowest BCUT2D eigenvalue weighted by Gasteiger charge is -2.31. The van der Waals surface area contributed by atoms with Gasteiger partial charge in [-0.25, -0.2) is 0 Å². The van der Waals surface area contributed by atoms with Crippen LogP contribution in [0, 0.1) is 0 Å². The van der Waals surface area contributed by atoms with Gasteiger partial charge in [-0.15, -0.1) is 0 Å². The first kappa shape index (κ1) is 26.7. The molecule has 0 saturated heterocycles. The minimum absolute atomic E-state index is 0.127. The van der Waals surface area contributed by atoms with Crippen LogP contribution in [-0.4, -0.2) is 60.1 Å². The van der Waals surface area contributed by atoms with Gasteiger partial charge in [0.15, 0.2) is 0 Å². The van der Waals surface area contributed by atoms with E-state index in [1.54, 1.807) is 0 Å². The van der Waals surface area contributed by atoms with Crippen molar-refractivity contribution in [1.82, 2.24) is 15.5 Å². The van der Waals surface area contributed by atoms with E-state index >= 15 is 0 Å². The molecule has 0 spiro atoms. The van der Waals surface area contributed by atoms with Gasteiger partial charge in [-0.3, -0.25) is 9.59 Å². The van der Waals surface area contributed by atoms with E-state index in [4.69, 9.17) is 5.73 Å². The second kappa shape index (κ2) is 11.9. The molecule has 0 radical (unpaired) electrons. The minimum Gasteiger partial charge on any atom is -0.398 e. The van der Waals surface area contributed by atoms with Gasteiger partial charge in [-0.05, 0) is 45.0 Å². The number of carbonyl (C=O) groups excluding carboxylic acids is 2. The summed E-state index contributed by atoms with van der Waals surface area (Å²) in [5, 5.41) is 15.4. The molecule has 0 aliphatic carbocycles. The molecule has 0 heterocycles. The van der Waals surface area contributed by atoms with Gasteiger partial charge < -0.3 is 26.4 Å². The standard InChI is InChI=1S/C21H33F3N4O3/c1-5-7-18(29)17(12-28(4)13(3)6-2)27-19(30)11-26-20(31)15-10-14(21(22,23)24)8-9-16(15)25/h8-10,13,17-18,29H,5-7,11-12,25H2,1-4H3,(H,26,31)(H,27,30). The Morgan fingerprint density at radius 3 is 2.45 bits per heavy atom. The van der Waals surface area contributed by atoms with Crippen molar-refractivity contribution in [2.24, 2.45) is 0 Å². The third-order valence-corrected chi connectivity index (χ3v) is 5.26. The first-order chi connectivity index (χ1) is 14.4. The Balaban J connectivity index is 2.79. The number of nitrogens with one attached hydrogen (secondary N) is 2. The zero-order valence-corrected chi connectivity index (χ0v) is 18.4. The average molecular weight is 447 g/mol. The average Bonchev–Trinajstić information content (AvgIpc) is 2.70. The second-order valence-electron chi connectivity index (χ2n) is 7.71. The summed E-state index contributed by atoms with van der Waals surface area (Å²) in [6, 6.07) is 2.13. The maximum Gasteiger partial charge on any atom is 0.416 e. The van der Waals surface area contributed by atoms with Crippen LogP contribution in [0.1, 0.15) is 56.0 Å². The van der Waals surface area contributed by atoms with E-state index in [0.29, 0.717) is 19.0 Å². The van der Waals surface area contributed by atoms with Crippen LogP contribution in [0.2, 0.25) is 0 Å². The van der Waals surface area contributed by atoms with E-state index in [9.17, 15) is 27.9 Å². The molecule has 1 aromatic carbocycles. The largest absolute Gasteiger partial charge is 0.416 e. The van der Waals surface area contributed by atoms with Crippen molar-refractivity contribution >= 4 is 17.5 Å². The molecule has 0 fully saturated rings. The number of hydrogen-bond acceptors (Lipinski definition) is 5. The monoisotopic (exact) mass is 446 g/mol. The molecule has 1 rings (SSSR count). The molecule has 0 bridgehead atoms. The van der Waals surface area contributed by atoms with Crippen LogP contribution < -0.4 is 16.4 Å². The number of benzene rings is 1. The molecule has 5 N–H and O–H groups in total. The fourth-order valence-corrected chi connectivity index (χ4v) is 3.01. The van der Waals surface area contributed by atoms with Gasteiger partial charge in [-0.2, -0.15) is 13.2 Å². The Labute approximate surface area is 181 Å². The Bertz CT molecular complexity index is 743. The summed E-state index contributed by atoms with van der Waals surface area (Å²) in [5.74, 6) is -1.45. The molecule has 2 amide bonds. The lowest BCUT2D eigenvalue weighted by atomic mass is 10.0. The summed E-state index contributed by atoms with van der Waals surface area (Å²) in [6.07, 6.45) is -3.27. The van der Waals surface area contributed by atoms with E-state index in [1.807, 2.05) is 32.7 Å². The summed E-state index contributed by atoms with van der Waals surface area (Å²) in [6.45, 7) is 5.94. The molecule has 10 heteroatoms. The molecular formula is C21H33F3N4O3. The summed E-state index contributed by atoms with van der Waals surface area (Å²) >= 11 is 0. The SMILES string of the molecule is CCCC(O)C(CN(C)C(C)CC)NC(=O)CNC(=O)c1cc(C(F)(F)F)ccc1N. The molecule has 7 nitrogen and oxygen atoms in total. The third-order valence-electron chi connectivity index (χ3n) is 5.26. The van der Waals surface area contributed by atoms with Crippen molar-refractivity contribution in [3.05, 3.63) is 29.3 Å². The smallest absolute Gasteiger partial charge is 0.398 e. The number of aliphatic hydroxyl groups is 1. The number of nitrogens with two attached hydrogens (primary N) is 1. The van der Waals surface area contributed by atoms with Crippen LogP contribution in [0.15, 0.2) is 18.2 Å². The lowest BCUT2D eigenvalue weighted by Crippen LogP contribution is -2.53. The predicted octanol–water partition coefficient (Wildman–Crippen LogP) is 2.39. The van der Waals surface area contributed by atoms with E-state index in [-0.39, 0.29) is 17.3 Å². The van der Waals surface area contributed by atoms with Gasteiger partial charge in [0.05, 0.1) is 29.8 Å². The molecule has 0 aromatic heterocycles. The second-order valence-corrected chi connectivity index (χ2v) is 7.71. The van der Waals surface area contributed by atoms with Crippen molar-refractivity contribution in [3.63, 3.8) is 0 Å². The van der Waals surface area contributed by atoms with Crippen LogP contribution >= 0.6 is 0 Å². The fraction of sp³-hybridized carbons (Fsp3) is 0.619. The summed E-state index contributed by atoms with van der Waals surface area (Å²) in [5.41, 5.74) is 4.13. The number of rotatable bonds is 11. The molecule has 0 aliphatic heterocycles. The zero-order valence-electron chi connectivity index (χ0n) is 18.4. The van der Waals surface area contributed by atoms with Gasteiger partial charge >= 0.3 is 6.18 Å². The number of nitrogen functional groups attached to an aromatic ring is 1. The molecule has 0 aliphatic rings. The number of anilines is 1. The number of nitrogens with zero attached hydrogens (tertiary/aromatic N) is 1. The number of alkyl halides is 3. The Hall–Kier alpha value is -2.33. The number of likely N-dealkylation sites (N-methyl/N-ethyl adjacent to an activating group) is 1. The normalized spacial score (nSPS) is 14.7. The van der Waals surface area contributed by atoms with E-state index in [0.717, 1.165) is 25.0 Å². The van der Waals surface area contributed by atoms with E-state index in [1.165, 1.54) is 0 Å². The van der Waals surface area contributed by atoms with Gasteiger partial charge in [0.25, 0.3) is 5.91 Å². The van der Waals surface area contributed by atoms with Gasteiger partial charge in [0, 0.05) is 18.3 Å². The van der Waals surface area contributed by atoms with Crippen LogP contribution in [-0.2, 0) is 11.0 Å². The quantitative estimate of drug-likeness (QED) is 0.391. The van der Waals surface area contributed by atoms with Crippen LogP contribution in [0.3, 0.4) is 0 Å². The first-order valence-electron chi connectivity index (χ1n) is 10.3. The van der Waals surface area contributed by atoms with Crippen LogP contribution in [0.5, 0.6) is 0 Å². The number of amides is 2. The van der Waals surface area contributed by atoms with Crippen LogP contribution in [0.25, 0.3) is 0 Å². The number of hydrogen-bond donors (Lipinski definition) is 4. The highest BCUT2D eigenvalue weighted by atomic mass is 19.4. The molecule has 1 aromatic rings. The lowest BCUT2D eigenvalue weighted by molar-refractivity contribution is -0.137. The Morgan fingerprint density at radius 2 is 1.90 bits per heavy atom. The minimum atomic E-state index is -4.62. The fourth-order valence-electron chi connectivity index (χ4n) is 3.01. The number of aliphatic hydroxyl groups excluding tert-OH is 1. The molecule has 0 saturated carbocycles. The highest BCUT2D eigenvalue weighted by molar-refractivity contribution is 6.00. The third kappa shape index (κ3) is 8.37. The van der Waals surface area contributed by atoms with Crippen molar-refractivity contribution < 1.29 is 27.9 Å². The molecule has 31 heavy (non-hydrogen) atoms. The van der Waals surface area contributed by atoms with Crippen molar-refractivity contribution in [1.29, 1.82) is 0 Å². The maximum atomic E-state index is 12.9. The Kier molecular flexibility index (Phi) is 10.3. The maximum absolute atomic E-state index is 12.9. The number of halogens is 3. The molecule has 176 valence electrons. The first-order valence-corrected chi connectivity index (χ1v) is 10.3. The number of carbonyl (C=O) groups is 2. The van der Waals surface area contributed by atoms with Gasteiger partial charge in [-0.1, -0.05) is 20.3 Å². The van der Waals surface area contributed by atoms with Gasteiger partial charge in [0.2, 0.25) is 5.91 Å². The van der Waals surface area contributed by atoms with E-state index in [2.05, 4.69) is 10.6 Å². The van der Waals surface area contributed by atoms with Crippen molar-refractivity contribution in [2.45, 2.75) is 64.4 Å². The predicted molar refractivity (Wildman–Crippen MR) is 113 cm³/mol. The van der Waals surface area contributed by atoms with Crippen molar-refractivity contribution in [2.75, 3.05) is 25.9 Å². The highest BCUT2D eigenvalue weighted by Gasteiger charge is 2.31. The summed E-state index contributed by atoms with van der Waals surface area (Å²) in [4.78, 5) is 26.7. The summed E-state index contributed by atoms with van der Waals surface area (Å²) in [7, 11) is 1.89. The zero-order chi connectivity index (χ0) is 23.8. The van der Waals surface area contributed by atoms with E-state index < -0.39 is 42.2 Å². The van der Waals surface area contributed by atoms with Gasteiger partial charge in [0.1, 0.15) is 0 Å². The van der Waals surface area contributed by atoms with Crippen LogP contribution in [0.4, 0.5) is 18.9 Å². The topological polar surface area (TPSA) is 108 Å². The summed E-state index contributed by atoms with van der Waals surface area (Å²) < 4.78 is 38.6. The Morgan fingerprint density at radius 1 is 1.26 bits per heavy atom. The molecule has 3 unspecified atom stereocenters. The molecule has 3 atom stereocenters.